The summed E-state index contributed by atoms with van der Waals surface area (Å²) in [5, 5.41) is 11.6. The lowest BCUT2D eigenvalue weighted by molar-refractivity contribution is -0.870. The Kier molecular flexibility index (Phi) is 33.7. The third kappa shape index (κ3) is 36.2. The molecular weight excluding hydrogens is 646 g/mol. The average molecular weight is 726 g/mol. The lowest BCUT2D eigenvalue weighted by atomic mass is 10.1. The van der Waals surface area contributed by atoms with Gasteiger partial charge in [-0.1, -0.05) is 142 Å². The van der Waals surface area contributed by atoms with Crippen molar-refractivity contribution in [1.82, 2.24) is 0 Å². The number of carboxylic acids is 1. The van der Waals surface area contributed by atoms with E-state index in [0.717, 1.165) is 51.4 Å². The molecule has 0 aromatic heterocycles. The molecule has 0 aliphatic rings. The van der Waals surface area contributed by atoms with Crippen LogP contribution in [-0.2, 0) is 33.3 Å². The van der Waals surface area contributed by atoms with E-state index in [4.69, 9.17) is 18.9 Å². The zero-order valence-electron chi connectivity index (χ0n) is 33.7. The van der Waals surface area contributed by atoms with Crippen molar-refractivity contribution in [3.63, 3.8) is 0 Å². The third-order valence-electron chi connectivity index (χ3n) is 9.01. The maximum Gasteiger partial charge on any atom is 0.306 e. The summed E-state index contributed by atoms with van der Waals surface area (Å²) >= 11 is 0. The highest BCUT2D eigenvalue weighted by Crippen LogP contribution is 2.14. The fourth-order valence-corrected chi connectivity index (χ4v) is 5.71. The van der Waals surface area contributed by atoms with Crippen molar-refractivity contribution >= 4 is 17.9 Å². The first-order chi connectivity index (χ1) is 24.6. The number of carbonyl (C=O) groups is 3. The van der Waals surface area contributed by atoms with Crippen molar-refractivity contribution in [3.8, 4) is 0 Å². The highest BCUT2D eigenvalue weighted by molar-refractivity contribution is 5.70. The number of quaternary nitrogens is 1. The molecule has 0 amide bonds. The highest BCUT2D eigenvalue weighted by atomic mass is 16.7. The number of carbonyl (C=O) groups excluding carboxylic acids is 3. The Morgan fingerprint density at radius 2 is 1.00 bits per heavy atom. The van der Waals surface area contributed by atoms with Crippen LogP contribution in [0.3, 0.4) is 0 Å². The monoisotopic (exact) mass is 726 g/mol. The van der Waals surface area contributed by atoms with Gasteiger partial charge < -0.3 is 33.3 Å². The molecule has 2 unspecified atom stereocenters. The Bertz CT molecular complexity index is 856. The number of ether oxygens (including phenoxy) is 4. The molecule has 0 aliphatic heterocycles. The van der Waals surface area contributed by atoms with Gasteiger partial charge in [-0.05, 0) is 38.5 Å². The van der Waals surface area contributed by atoms with Crippen LogP contribution in [-0.4, -0.2) is 82.3 Å². The summed E-state index contributed by atoms with van der Waals surface area (Å²) in [6, 6.07) is 0. The minimum Gasteiger partial charge on any atom is -0.545 e. The fourth-order valence-electron chi connectivity index (χ4n) is 5.71. The van der Waals surface area contributed by atoms with Crippen molar-refractivity contribution in [3.05, 3.63) is 12.2 Å². The zero-order valence-corrected chi connectivity index (χ0v) is 33.7. The number of nitrogens with zero attached hydrogens (tertiary/aromatic N) is 1. The van der Waals surface area contributed by atoms with E-state index in [2.05, 4.69) is 26.0 Å². The van der Waals surface area contributed by atoms with Gasteiger partial charge in [-0.2, -0.15) is 0 Å². The molecule has 51 heavy (non-hydrogen) atoms. The summed E-state index contributed by atoms with van der Waals surface area (Å²) in [7, 11) is 5.89. The second-order valence-corrected chi connectivity index (χ2v) is 15.3. The number of aliphatic carboxylic acids is 1. The number of hydrogen-bond acceptors (Lipinski definition) is 8. The van der Waals surface area contributed by atoms with E-state index in [-0.39, 0.29) is 38.6 Å². The van der Waals surface area contributed by atoms with Gasteiger partial charge in [0.15, 0.2) is 12.4 Å². The fraction of sp³-hybridized carbons (Fsp3) is 0.881. The summed E-state index contributed by atoms with van der Waals surface area (Å²) in [6.07, 6.45) is 31.5. The van der Waals surface area contributed by atoms with Gasteiger partial charge in [0.05, 0.1) is 40.3 Å². The molecule has 0 saturated heterocycles. The van der Waals surface area contributed by atoms with E-state index in [1.807, 2.05) is 21.1 Å². The van der Waals surface area contributed by atoms with E-state index in [1.165, 1.54) is 96.3 Å². The van der Waals surface area contributed by atoms with Crippen LogP contribution in [0.5, 0.6) is 0 Å². The van der Waals surface area contributed by atoms with Crippen molar-refractivity contribution in [2.24, 2.45) is 0 Å². The summed E-state index contributed by atoms with van der Waals surface area (Å²) in [5.41, 5.74) is 0. The van der Waals surface area contributed by atoms with Crippen molar-refractivity contribution in [1.29, 1.82) is 0 Å². The summed E-state index contributed by atoms with van der Waals surface area (Å²) in [4.78, 5) is 36.5. The van der Waals surface area contributed by atoms with Crippen LogP contribution in [0.2, 0.25) is 0 Å². The van der Waals surface area contributed by atoms with E-state index in [9.17, 15) is 19.5 Å². The summed E-state index contributed by atoms with van der Waals surface area (Å²) in [5.74, 6) is -2.30. The number of carboxylic acid groups (broad SMARTS) is 1. The largest absolute Gasteiger partial charge is 0.545 e. The van der Waals surface area contributed by atoms with Crippen LogP contribution in [0.25, 0.3) is 0 Å². The molecule has 0 aromatic rings. The van der Waals surface area contributed by atoms with Gasteiger partial charge in [0, 0.05) is 12.8 Å². The Hall–Kier alpha value is -1.97. The molecule has 0 spiro atoms. The molecule has 0 fully saturated rings. The number of allylic oxidation sites excluding steroid dienone is 2. The molecule has 0 bridgehead atoms. The molecule has 0 rings (SSSR count). The molecule has 9 nitrogen and oxygen atoms in total. The maximum absolute atomic E-state index is 12.6. The number of esters is 2. The van der Waals surface area contributed by atoms with E-state index < -0.39 is 24.3 Å². The van der Waals surface area contributed by atoms with E-state index in [0.29, 0.717) is 17.4 Å². The number of rotatable bonds is 38. The van der Waals surface area contributed by atoms with Gasteiger partial charge in [-0.25, -0.2) is 0 Å². The minimum absolute atomic E-state index is 0.149. The van der Waals surface area contributed by atoms with Crippen LogP contribution in [0.4, 0.5) is 0 Å². The van der Waals surface area contributed by atoms with Gasteiger partial charge in [-0.15, -0.1) is 0 Å². The SMILES string of the molecule is CCCCCCCCCC/C=C\CCCCCCCCCCCC(=O)OC(COC(=O)CCCCCCC)COC(OCC[N+](C)(C)C)C(=O)[O-]. The lowest BCUT2D eigenvalue weighted by Gasteiger charge is -2.26. The van der Waals surface area contributed by atoms with Crippen molar-refractivity contribution < 1.29 is 42.9 Å². The third-order valence-corrected chi connectivity index (χ3v) is 9.01. The Balaban J connectivity index is 4.23. The lowest BCUT2D eigenvalue weighted by Crippen LogP contribution is -2.44. The smallest absolute Gasteiger partial charge is 0.306 e. The molecular formula is C42H79NO8. The van der Waals surface area contributed by atoms with Gasteiger partial charge in [0.2, 0.25) is 0 Å². The Morgan fingerprint density at radius 1 is 0.569 bits per heavy atom. The molecule has 9 heteroatoms. The summed E-state index contributed by atoms with van der Waals surface area (Å²) < 4.78 is 22.3. The molecule has 0 N–H and O–H groups in total. The normalized spacial score (nSPS) is 13.0. The standard InChI is InChI=1S/C42H79NO8/c1-6-8-10-12-13-14-15-16-17-18-19-20-21-22-23-24-25-26-27-29-31-33-40(45)51-38(36-49-39(44)32-30-28-11-9-7-2)37-50-42(41(46)47)48-35-34-43(3,4)5/h18-19,38,42H,6-17,20-37H2,1-5H3/b19-18-. The average Bonchev–Trinajstić information content (AvgIpc) is 3.08. The molecule has 0 radical (unpaired) electrons. The number of unbranched alkanes of at least 4 members (excludes halogenated alkanes) is 21. The molecule has 300 valence electrons. The van der Waals surface area contributed by atoms with Gasteiger partial charge in [0.25, 0.3) is 0 Å². The van der Waals surface area contributed by atoms with Crippen molar-refractivity contribution in [2.75, 3.05) is 47.5 Å². The van der Waals surface area contributed by atoms with Gasteiger partial charge in [0.1, 0.15) is 13.2 Å². The molecule has 0 aliphatic carbocycles. The minimum atomic E-state index is -1.61. The predicted molar refractivity (Wildman–Crippen MR) is 205 cm³/mol. The van der Waals surface area contributed by atoms with E-state index >= 15 is 0 Å². The summed E-state index contributed by atoms with van der Waals surface area (Å²) in [6.45, 7) is 4.64. The zero-order chi connectivity index (χ0) is 37.8. The second kappa shape index (κ2) is 35.1. The van der Waals surface area contributed by atoms with Crippen LogP contribution in [0, 0.1) is 0 Å². The van der Waals surface area contributed by atoms with Crippen LogP contribution >= 0.6 is 0 Å². The van der Waals surface area contributed by atoms with Crippen molar-refractivity contribution in [2.45, 2.75) is 193 Å². The highest BCUT2D eigenvalue weighted by Gasteiger charge is 2.21. The Morgan fingerprint density at radius 3 is 1.45 bits per heavy atom. The first-order valence-corrected chi connectivity index (χ1v) is 20.8. The predicted octanol–water partition coefficient (Wildman–Crippen LogP) is 9.00. The molecule has 0 aromatic carbocycles. The van der Waals surface area contributed by atoms with Crippen LogP contribution in [0.1, 0.15) is 181 Å². The van der Waals surface area contributed by atoms with Crippen LogP contribution in [0.15, 0.2) is 12.2 Å². The first-order valence-electron chi connectivity index (χ1n) is 20.8. The quantitative estimate of drug-likeness (QED) is 0.0204. The second-order valence-electron chi connectivity index (χ2n) is 15.3. The molecule has 0 saturated carbocycles. The molecule has 0 heterocycles. The van der Waals surface area contributed by atoms with Gasteiger partial charge >= 0.3 is 11.9 Å². The number of hydrogen-bond donors (Lipinski definition) is 0. The van der Waals surface area contributed by atoms with Crippen LogP contribution < -0.4 is 5.11 Å². The maximum atomic E-state index is 12.6. The Labute approximate surface area is 313 Å². The molecule has 2 atom stereocenters. The van der Waals surface area contributed by atoms with E-state index in [1.54, 1.807) is 0 Å². The topological polar surface area (TPSA) is 111 Å². The number of likely N-dealkylation sites (N-methyl/N-ethyl adjacent to an activating group) is 1. The van der Waals surface area contributed by atoms with Gasteiger partial charge in [-0.3, -0.25) is 9.59 Å². The first kappa shape index (κ1) is 49.0.